The van der Waals surface area contributed by atoms with Crippen LogP contribution in [0.1, 0.15) is 4.88 Å². The molecule has 0 unspecified atom stereocenters. The van der Waals surface area contributed by atoms with Gasteiger partial charge in [-0.1, -0.05) is 0 Å². The van der Waals surface area contributed by atoms with Crippen LogP contribution in [-0.4, -0.2) is 4.98 Å². The Hall–Kier alpha value is -0.670. The average Bonchev–Trinajstić information content (AvgIpc) is 2.55. The zero-order valence-electron chi connectivity index (χ0n) is 6.07. The highest BCUT2D eigenvalue weighted by Gasteiger charge is 2.00. The van der Waals surface area contributed by atoms with E-state index < -0.39 is 0 Å². The fraction of sp³-hybridized carbons (Fsp3) is 0.125. The number of thiazole rings is 1. The maximum Gasteiger partial charge on any atom is 0.0910 e. The summed E-state index contributed by atoms with van der Waals surface area (Å²) in [5.41, 5.74) is 2.97. The van der Waals surface area contributed by atoms with Gasteiger partial charge in [0.05, 0.1) is 16.1 Å². The van der Waals surface area contributed by atoms with E-state index in [0.717, 1.165) is 5.69 Å². The smallest absolute Gasteiger partial charge is 0.0910 e. The first kappa shape index (κ1) is 7.00. The minimum absolute atomic E-state index is 1.10. The van der Waals surface area contributed by atoms with E-state index in [-0.39, 0.29) is 0 Å². The van der Waals surface area contributed by atoms with Gasteiger partial charge in [-0.25, -0.2) is 4.98 Å². The van der Waals surface area contributed by atoms with Crippen molar-refractivity contribution in [3.05, 3.63) is 27.9 Å². The highest BCUT2D eigenvalue weighted by molar-refractivity contribution is 7.15. The standard InChI is InChI=1S/C8H7NS2/c1-6-2-3-8(11-6)7-4-10-5-9-7/h2-5H,1H3. The Labute approximate surface area is 73.4 Å². The van der Waals surface area contributed by atoms with Crippen molar-refractivity contribution in [3.8, 4) is 10.6 Å². The van der Waals surface area contributed by atoms with Gasteiger partial charge in [0.2, 0.25) is 0 Å². The Morgan fingerprint density at radius 3 is 2.82 bits per heavy atom. The lowest BCUT2D eigenvalue weighted by atomic mass is 10.4. The lowest BCUT2D eigenvalue weighted by Crippen LogP contribution is -1.65. The minimum Gasteiger partial charge on any atom is -0.244 e. The molecular weight excluding hydrogens is 174 g/mol. The average molecular weight is 181 g/mol. The molecule has 0 saturated carbocycles. The molecule has 1 nitrogen and oxygen atoms in total. The van der Waals surface area contributed by atoms with Crippen molar-refractivity contribution in [2.45, 2.75) is 6.92 Å². The maximum atomic E-state index is 4.23. The molecule has 0 atom stereocenters. The normalized spacial score (nSPS) is 10.3. The van der Waals surface area contributed by atoms with Gasteiger partial charge in [0, 0.05) is 10.3 Å². The van der Waals surface area contributed by atoms with Gasteiger partial charge in [-0.2, -0.15) is 0 Å². The third-order valence-corrected chi connectivity index (χ3v) is 3.03. The van der Waals surface area contributed by atoms with E-state index in [4.69, 9.17) is 0 Å². The molecule has 0 radical (unpaired) electrons. The molecule has 2 heterocycles. The summed E-state index contributed by atoms with van der Waals surface area (Å²) in [6.45, 7) is 2.11. The fourth-order valence-electron chi connectivity index (χ4n) is 0.906. The number of thiophene rings is 1. The first-order chi connectivity index (χ1) is 5.36. The Bertz CT molecular complexity index is 335. The Morgan fingerprint density at radius 1 is 1.36 bits per heavy atom. The van der Waals surface area contributed by atoms with Gasteiger partial charge < -0.3 is 0 Å². The van der Waals surface area contributed by atoms with Crippen LogP contribution in [0.5, 0.6) is 0 Å². The Balaban J connectivity index is 2.45. The number of nitrogens with zero attached hydrogens (tertiary/aromatic N) is 1. The quantitative estimate of drug-likeness (QED) is 0.658. The van der Waals surface area contributed by atoms with Crippen LogP contribution in [0.25, 0.3) is 10.6 Å². The first-order valence-electron chi connectivity index (χ1n) is 3.31. The molecule has 0 aromatic carbocycles. The van der Waals surface area contributed by atoms with Crippen molar-refractivity contribution in [3.63, 3.8) is 0 Å². The van der Waals surface area contributed by atoms with Gasteiger partial charge in [-0.05, 0) is 19.1 Å². The van der Waals surface area contributed by atoms with E-state index in [9.17, 15) is 0 Å². The van der Waals surface area contributed by atoms with Crippen molar-refractivity contribution < 1.29 is 0 Å². The van der Waals surface area contributed by atoms with Crippen LogP contribution in [-0.2, 0) is 0 Å². The second kappa shape index (κ2) is 2.75. The zero-order chi connectivity index (χ0) is 7.68. The van der Waals surface area contributed by atoms with Gasteiger partial charge in [0.25, 0.3) is 0 Å². The summed E-state index contributed by atoms with van der Waals surface area (Å²) in [7, 11) is 0. The molecule has 0 saturated heterocycles. The van der Waals surface area contributed by atoms with Gasteiger partial charge in [-0.3, -0.25) is 0 Å². The third-order valence-electron chi connectivity index (χ3n) is 1.43. The van der Waals surface area contributed by atoms with Crippen molar-refractivity contribution in [2.75, 3.05) is 0 Å². The number of aryl methyl sites for hydroxylation is 1. The number of hydrogen-bond donors (Lipinski definition) is 0. The number of aromatic nitrogens is 1. The molecule has 2 aromatic rings. The summed E-state index contributed by atoms with van der Waals surface area (Å²) in [6.07, 6.45) is 0. The number of hydrogen-bond acceptors (Lipinski definition) is 3. The summed E-state index contributed by atoms with van der Waals surface area (Å²) in [4.78, 5) is 6.84. The molecule has 0 spiro atoms. The van der Waals surface area contributed by atoms with Crippen molar-refractivity contribution in [1.82, 2.24) is 4.98 Å². The lowest BCUT2D eigenvalue weighted by molar-refractivity contribution is 1.43. The second-order valence-corrected chi connectivity index (χ2v) is 4.29. The Morgan fingerprint density at radius 2 is 2.27 bits per heavy atom. The Kier molecular flexibility index (Phi) is 1.75. The van der Waals surface area contributed by atoms with Crippen LogP contribution in [0.3, 0.4) is 0 Å². The summed E-state index contributed by atoms with van der Waals surface area (Å²) in [6, 6.07) is 4.24. The molecule has 0 fully saturated rings. The van der Waals surface area contributed by atoms with E-state index in [1.165, 1.54) is 9.75 Å². The van der Waals surface area contributed by atoms with Crippen molar-refractivity contribution in [2.24, 2.45) is 0 Å². The van der Waals surface area contributed by atoms with Crippen molar-refractivity contribution >= 4 is 22.7 Å². The molecule has 2 aromatic heterocycles. The molecule has 56 valence electrons. The van der Waals surface area contributed by atoms with Crippen molar-refractivity contribution in [1.29, 1.82) is 0 Å². The predicted molar refractivity (Wildman–Crippen MR) is 50.2 cm³/mol. The maximum absolute atomic E-state index is 4.23. The SMILES string of the molecule is Cc1ccc(-c2cscn2)s1. The second-order valence-electron chi connectivity index (χ2n) is 2.28. The van der Waals surface area contributed by atoms with E-state index in [1.807, 2.05) is 5.51 Å². The van der Waals surface area contributed by atoms with Gasteiger partial charge in [0.1, 0.15) is 0 Å². The molecule has 2 rings (SSSR count). The topological polar surface area (TPSA) is 12.9 Å². The molecule has 0 aliphatic rings. The van der Waals surface area contributed by atoms with Crippen LogP contribution < -0.4 is 0 Å². The molecular formula is C8H7NS2. The van der Waals surface area contributed by atoms with Crippen LogP contribution >= 0.6 is 22.7 Å². The molecule has 3 heteroatoms. The molecule has 0 amide bonds. The highest BCUT2D eigenvalue weighted by Crippen LogP contribution is 2.26. The fourth-order valence-corrected chi connectivity index (χ4v) is 2.37. The summed E-state index contributed by atoms with van der Waals surface area (Å²) in [5, 5.41) is 2.07. The molecule has 0 aliphatic carbocycles. The van der Waals surface area contributed by atoms with Crippen LogP contribution in [0, 0.1) is 6.92 Å². The lowest BCUT2D eigenvalue weighted by Gasteiger charge is -1.84. The largest absolute Gasteiger partial charge is 0.244 e. The molecule has 0 bridgehead atoms. The monoisotopic (exact) mass is 181 g/mol. The van der Waals surface area contributed by atoms with E-state index in [2.05, 4.69) is 29.4 Å². The van der Waals surface area contributed by atoms with Crippen LogP contribution in [0.2, 0.25) is 0 Å². The summed E-state index contributed by atoms with van der Waals surface area (Å²) in [5.74, 6) is 0. The summed E-state index contributed by atoms with van der Waals surface area (Å²) < 4.78 is 0. The molecule has 0 aliphatic heterocycles. The zero-order valence-corrected chi connectivity index (χ0v) is 7.71. The summed E-state index contributed by atoms with van der Waals surface area (Å²) >= 11 is 3.43. The molecule has 0 N–H and O–H groups in total. The number of rotatable bonds is 1. The van der Waals surface area contributed by atoms with Crippen LogP contribution in [0.4, 0.5) is 0 Å². The minimum atomic E-state index is 1.10. The third kappa shape index (κ3) is 1.34. The molecule has 11 heavy (non-hydrogen) atoms. The predicted octanol–water partition coefficient (Wildman–Crippen LogP) is 3.18. The highest BCUT2D eigenvalue weighted by atomic mass is 32.1. The van der Waals surface area contributed by atoms with E-state index in [0.29, 0.717) is 0 Å². The van der Waals surface area contributed by atoms with E-state index >= 15 is 0 Å². The first-order valence-corrected chi connectivity index (χ1v) is 5.07. The van der Waals surface area contributed by atoms with Gasteiger partial charge in [-0.15, -0.1) is 22.7 Å². The van der Waals surface area contributed by atoms with Gasteiger partial charge >= 0.3 is 0 Å². The van der Waals surface area contributed by atoms with Gasteiger partial charge in [0.15, 0.2) is 0 Å². The van der Waals surface area contributed by atoms with Crippen LogP contribution in [0.15, 0.2) is 23.0 Å². The van der Waals surface area contributed by atoms with E-state index in [1.54, 1.807) is 22.7 Å².